The lowest BCUT2D eigenvalue weighted by Crippen LogP contribution is -2.18. The zero-order valence-electron chi connectivity index (χ0n) is 11.6. The predicted octanol–water partition coefficient (Wildman–Crippen LogP) is 3.97. The van der Waals surface area contributed by atoms with Crippen LogP contribution in [-0.4, -0.2) is 7.11 Å². The van der Waals surface area contributed by atoms with E-state index in [2.05, 4.69) is 19.1 Å². The molecule has 1 saturated carbocycles. The van der Waals surface area contributed by atoms with Gasteiger partial charge in [-0.3, -0.25) is 0 Å². The Bertz CT molecular complexity index is 383. The number of methoxy groups -OCH3 is 1. The Hall–Kier alpha value is -1.02. The van der Waals surface area contributed by atoms with Crippen LogP contribution in [0.2, 0.25) is 0 Å². The minimum Gasteiger partial charge on any atom is -0.497 e. The number of benzene rings is 1. The molecule has 2 heteroatoms. The number of ether oxygens (including phenoxy) is 1. The lowest BCUT2D eigenvalue weighted by Gasteiger charge is -2.25. The van der Waals surface area contributed by atoms with E-state index in [-0.39, 0.29) is 6.04 Å². The summed E-state index contributed by atoms with van der Waals surface area (Å²) >= 11 is 0. The molecular weight excluding hydrogens is 222 g/mol. The van der Waals surface area contributed by atoms with E-state index >= 15 is 0 Å². The second-order valence-electron chi connectivity index (χ2n) is 5.57. The molecule has 2 nitrogen and oxygen atoms in total. The molecule has 1 aromatic carbocycles. The van der Waals surface area contributed by atoms with Crippen LogP contribution < -0.4 is 10.5 Å². The Labute approximate surface area is 111 Å². The number of hydrogen-bond donors (Lipinski definition) is 1. The van der Waals surface area contributed by atoms with Gasteiger partial charge in [0.05, 0.1) is 7.11 Å². The quantitative estimate of drug-likeness (QED) is 0.873. The van der Waals surface area contributed by atoms with Crippen LogP contribution in [0.15, 0.2) is 18.2 Å². The molecule has 0 heterocycles. The monoisotopic (exact) mass is 247 g/mol. The molecule has 0 bridgehead atoms. The van der Waals surface area contributed by atoms with Gasteiger partial charge < -0.3 is 10.5 Å². The Morgan fingerprint density at radius 1 is 1.28 bits per heavy atom. The van der Waals surface area contributed by atoms with E-state index in [4.69, 9.17) is 10.5 Å². The molecule has 0 aliphatic heterocycles. The van der Waals surface area contributed by atoms with E-state index in [1.165, 1.54) is 43.2 Å². The number of aryl methyl sites for hydroxylation is 1. The molecule has 0 saturated heterocycles. The summed E-state index contributed by atoms with van der Waals surface area (Å²) in [5.74, 6) is 1.75. The topological polar surface area (TPSA) is 35.2 Å². The smallest absolute Gasteiger partial charge is 0.119 e. The molecule has 0 spiro atoms. The first-order chi connectivity index (χ1) is 8.70. The molecule has 100 valence electrons. The summed E-state index contributed by atoms with van der Waals surface area (Å²) < 4.78 is 5.24. The average molecular weight is 247 g/mol. The van der Waals surface area contributed by atoms with Crippen molar-refractivity contribution in [2.45, 2.75) is 51.5 Å². The zero-order valence-corrected chi connectivity index (χ0v) is 11.6. The molecule has 1 unspecified atom stereocenters. The van der Waals surface area contributed by atoms with E-state index in [1.54, 1.807) is 7.11 Å². The van der Waals surface area contributed by atoms with E-state index in [9.17, 15) is 0 Å². The zero-order chi connectivity index (χ0) is 13.0. The minimum atomic E-state index is 0.180. The van der Waals surface area contributed by atoms with Gasteiger partial charge in [-0.2, -0.15) is 0 Å². The first kappa shape index (κ1) is 13.4. The van der Waals surface area contributed by atoms with E-state index in [0.29, 0.717) is 0 Å². The molecule has 2 rings (SSSR count). The van der Waals surface area contributed by atoms with Gasteiger partial charge in [-0.05, 0) is 42.5 Å². The van der Waals surface area contributed by atoms with Crippen LogP contribution in [-0.2, 0) is 0 Å². The Morgan fingerprint density at radius 3 is 2.61 bits per heavy atom. The summed E-state index contributed by atoms with van der Waals surface area (Å²) in [6.07, 6.45) is 8.05. The standard InChI is InChI=1S/C16H25NO/c1-12-10-14(18-2)8-9-15(12)16(17)11-13-6-4-3-5-7-13/h8-10,13,16H,3-7,11,17H2,1-2H3. The first-order valence-corrected chi connectivity index (χ1v) is 7.11. The van der Waals surface area contributed by atoms with E-state index < -0.39 is 0 Å². The van der Waals surface area contributed by atoms with Gasteiger partial charge in [-0.25, -0.2) is 0 Å². The van der Waals surface area contributed by atoms with Crippen molar-refractivity contribution in [3.63, 3.8) is 0 Å². The van der Waals surface area contributed by atoms with Gasteiger partial charge in [0.25, 0.3) is 0 Å². The fourth-order valence-corrected chi connectivity index (χ4v) is 3.10. The maximum Gasteiger partial charge on any atom is 0.119 e. The van der Waals surface area contributed by atoms with E-state index in [0.717, 1.165) is 18.1 Å². The average Bonchev–Trinajstić information content (AvgIpc) is 2.39. The van der Waals surface area contributed by atoms with Crippen molar-refractivity contribution in [2.24, 2.45) is 11.7 Å². The fourth-order valence-electron chi connectivity index (χ4n) is 3.10. The molecule has 1 aliphatic rings. The van der Waals surface area contributed by atoms with Gasteiger partial charge in [0, 0.05) is 6.04 Å². The molecule has 2 N–H and O–H groups in total. The van der Waals surface area contributed by atoms with Crippen LogP contribution in [0.4, 0.5) is 0 Å². The van der Waals surface area contributed by atoms with Gasteiger partial charge in [-0.1, -0.05) is 38.2 Å². The van der Waals surface area contributed by atoms with Gasteiger partial charge in [0.2, 0.25) is 0 Å². The van der Waals surface area contributed by atoms with Gasteiger partial charge in [0.1, 0.15) is 5.75 Å². The SMILES string of the molecule is COc1ccc(C(N)CC2CCCCC2)c(C)c1. The Morgan fingerprint density at radius 2 is 2.00 bits per heavy atom. The van der Waals surface area contributed by atoms with Crippen LogP contribution >= 0.6 is 0 Å². The second kappa shape index (κ2) is 6.24. The maximum atomic E-state index is 6.38. The van der Waals surface area contributed by atoms with Crippen molar-refractivity contribution in [1.82, 2.24) is 0 Å². The fraction of sp³-hybridized carbons (Fsp3) is 0.625. The van der Waals surface area contributed by atoms with Crippen molar-refractivity contribution in [3.8, 4) is 5.75 Å². The van der Waals surface area contributed by atoms with Gasteiger partial charge >= 0.3 is 0 Å². The van der Waals surface area contributed by atoms with Crippen molar-refractivity contribution in [1.29, 1.82) is 0 Å². The molecule has 1 atom stereocenters. The highest BCUT2D eigenvalue weighted by atomic mass is 16.5. The van der Waals surface area contributed by atoms with Crippen LogP contribution in [0.25, 0.3) is 0 Å². The van der Waals surface area contributed by atoms with Crippen molar-refractivity contribution in [3.05, 3.63) is 29.3 Å². The van der Waals surface area contributed by atoms with Crippen molar-refractivity contribution >= 4 is 0 Å². The number of rotatable bonds is 4. The molecule has 0 amide bonds. The molecule has 0 aromatic heterocycles. The summed E-state index contributed by atoms with van der Waals surface area (Å²) in [5.41, 5.74) is 8.90. The lowest BCUT2D eigenvalue weighted by molar-refractivity contribution is 0.319. The van der Waals surface area contributed by atoms with Crippen molar-refractivity contribution in [2.75, 3.05) is 7.11 Å². The molecular formula is C16H25NO. The lowest BCUT2D eigenvalue weighted by atomic mass is 9.83. The largest absolute Gasteiger partial charge is 0.497 e. The summed E-state index contributed by atoms with van der Waals surface area (Å²) in [5, 5.41) is 0. The third-order valence-corrected chi connectivity index (χ3v) is 4.19. The van der Waals surface area contributed by atoms with Crippen molar-refractivity contribution < 1.29 is 4.74 Å². The maximum absolute atomic E-state index is 6.38. The van der Waals surface area contributed by atoms with Crippen LogP contribution in [0.5, 0.6) is 5.75 Å². The predicted molar refractivity (Wildman–Crippen MR) is 75.9 cm³/mol. The summed E-state index contributed by atoms with van der Waals surface area (Å²) in [6, 6.07) is 6.40. The second-order valence-corrected chi connectivity index (χ2v) is 5.57. The normalized spacial score (nSPS) is 18.6. The third-order valence-electron chi connectivity index (χ3n) is 4.19. The summed E-state index contributed by atoms with van der Waals surface area (Å²) in [4.78, 5) is 0. The minimum absolute atomic E-state index is 0.180. The Kier molecular flexibility index (Phi) is 4.65. The van der Waals surface area contributed by atoms with Gasteiger partial charge in [0.15, 0.2) is 0 Å². The van der Waals surface area contributed by atoms with E-state index in [1.807, 2.05) is 6.07 Å². The molecule has 18 heavy (non-hydrogen) atoms. The highest BCUT2D eigenvalue weighted by molar-refractivity contribution is 5.36. The molecule has 0 radical (unpaired) electrons. The highest BCUT2D eigenvalue weighted by Gasteiger charge is 2.18. The molecule has 1 aliphatic carbocycles. The van der Waals surface area contributed by atoms with Crippen LogP contribution in [0.1, 0.15) is 55.7 Å². The Balaban J connectivity index is 2.01. The van der Waals surface area contributed by atoms with Crippen LogP contribution in [0.3, 0.4) is 0 Å². The van der Waals surface area contributed by atoms with Crippen LogP contribution in [0, 0.1) is 12.8 Å². The van der Waals surface area contributed by atoms with Gasteiger partial charge in [-0.15, -0.1) is 0 Å². The summed E-state index contributed by atoms with van der Waals surface area (Å²) in [6.45, 7) is 2.12. The summed E-state index contributed by atoms with van der Waals surface area (Å²) in [7, 11) is 1.70. The molecule has 1 aromatic rings. The highest BCUT2D eigenvalue weighted by Crippen LogP contribution is 2.32. The number of hydrogen-bond acceptors (Lipinski definition) is 2. The third kappa shape index (κ3) is 3.26. The number of nitrogens with two attached hydrogens (primary N) is 1. The first-order valence-electron chi connectivity index (χ1n) is 7.11. The molecule has 1 fully saturated rings.